The molecule has 0 amide bonds. The van der Waals surface area contributed by atoms with Crippen molar-refractivity contribution in [1.29, 1.82) is 0 Å². The van der Waals surface area contributed by atoms with Crippen LogP contribution in [0, 0.1) is 6.20 Å². The molecule has 9 heavy (non-hydrogen) atoms. The van der Waals surface area contributed by atoms with Crippen molar-refractivity contribution in [2.24, 2.45) is 0 Å². The number of aromatic nitrogens is 1. The molecule has 0 saturated carbocycles. The number of hydrogen-bond donors (Lipinski definition) is 0. The Morgan fingerprint density at radius 2 is 2.44 bits per heavy atom. The second-order valence-electron chi connectivity index (χ2n) is 1.32. The molecule has 1 heterocycles. The summed E-state index contributed by atoms with van der Waals surface area (Å²) in [5.41, 5.74) is 0. The van der Waals surface area contributed by atoms with E-state index in [0.717, 1.165) is 0 Å². The predicted molar refractivity (Wildman–Crippen MR) is 29.6 cm³/mol. The van der Waals surface area contributed by atoms with Gasteiger partial charge in [0.25, 0.3) is 0 Å². The molecule has 0 aromatic carbocycles. The summed E-state index contributed by atoms with van der Waals surface area (Å²) < 4.78 is 4.80. The van der Waals surface area contributed by atoms with Crippen molar-refractivity contribution in [1.82, 2.24) is 4.98 Å². The second kappa shape index (κ2) is 4.89. The van der Waals surface area contributed by atoms with E-state index in [0.29, 0.717) is 5.75 Å². The van der Waals surface area contributed by atoms with E-state index in [9.17, 15) is 0 Å². The van der Waals surface area contributed by atoms with Crippen molar-refractivity contribution < 1.29 is 37.4 Å². The first-order chi connectivity index (χ1) is 3.93. The minimum absolute atomic E-state index is 0. The van der Waals surface area contributed by atoms with E-state index in [1.165, 1.54) is 0 Å². The zero-order valence-electron chi connectivity index (χ0n) is 5.16. The van der Waals surface area contributed by atoms with Gasteiger partial charge in [-0.05, 0) is 6.20 Å². The summed E-state index contributed by atoms with van der Waals surface area (Å²) in [4.78, 5) is 3.71. The van der Waals surface area contributed by atoms with Gasteiger partial charge in [-0.15, -0.1) is 6.07 Å². The third kappa shape index (κ3) is 2.92. The van der Waals surface area contributed by atoms with E-state index in [4.69, 9.17) is 4.74 Å². The largest absolute Gasteiger partial charge is 0.521 e. The van der Waals surface area contributed by atoms with Gasteiger partial charge in [0, 0.05) is 38.5 Å². The summed E-state index contributed by atoms with van der Waals surface area (Å²) in [5.74, 6) is 0.674. The maximum absolute atomic E-state index is 4.80. The van der Waals surface area contributed by atoms with Crippen LogP contribution >= 0.6 is 0 Å². The molecule has 0 fully saturated rings. The molecule has 0 spiro atoms. The van der Waals surface area contributed by atoms with Crippen molar-refractivity contribution >= 4 is 0 Å². The molecule has 0 unspecified atom stereocenters. The molecule has 0 atom stereocenters. The van der Waals surface area contributed by atoms with Gasteiger partial charge in [0.1, 0.15) is 0 Å². The molecule has 1 radical (unpaired) electrons. The summed E-state index contributed by atoms with van der Waals surface area (Å²) in [6.45, 7) is 0. The number of methoxy groups -OCH3 is 1. The number of hydrogen-bond acceptors (Lipinski definition) is 2. The van der Waals surface area contributed by atoms with Crippen LogP contribution in [0.4, 0.5) is 0 Å². The van der Waals surface area contributed by atoms with Crippen LogP contribution in [-0.4, -0.2) is 12.1 Å². The Morgan fingerprint density at radius 1 is 1.67 bits per heavy atom. The maximum atomic E-state index is 4.80. The first-order valence-electron chi connectivity index (χ1n) is 2.30. The van der Waals surface area contributed by atoms with Crippen molar-refractivity contribution in [3.05, 3.63) is 24.5 Å². The smallest absolute Gasteiger partial charge is 0.0744 e. The normalized spacial score (nSPS) is 7.67. The van der Waals surface area contributed by atoms with Crippen molar-refractivity contribution in [2.75, 3.05) is 7.11 Å². The first kappa shape index (κ1) is 9.05. The molecule has 0 bridgehead atoms. The Kier molecular flexibility index (Phi) is 4.92. The summed E-state index contributed by atoms with van der Waals surface area (Å²) in [6.07, 6.45) is 4.30. The average molecular weight is 197 g/mol. The molecular formula is C6H6NOY-. The molecular weight excluding hydrogens is 191 g/mol. The van der Waals surface area contributed by atoms with Crippen LogP contribution in [0.2, 0.25) is 0 Å². The Balaban J connectivity index is 0.000000640. The van der Waals surface area contributed by atoms with Crippen LogP contribution in [0.5, 0.6) is 5.75 Å². The van der Waals surface area contributed by atoms with Gasteiger partial charge in [-0.25, -0.2) is 0 Å². The number of rotatable bonds is 1. The molecule has 0 N–H and O–H groups in total. The van der Waals surface area contributed by atoms with Crippen LogP contribution in [-0.2, 0) is 32.7 Å². The average Bonchev–Trinajstić information content (AvgIpc) is 1.90. The van der Waals surface area contributed by atoms with E-state index in [-0.39, 0.29) is 32.7 Å². The third-order valence-electron chi connectivity index (χ3n) is 0.803. The number of pyridine rings is 1. The van der Waals surface area contributed by atoms with E-state index in [1.54, 1.807) is 25.4 Å². The molecule has 1 rings (SSSR count). The van der Waals surface area contributed by atoms with Gasteiger partial charge in [0.2, 0.25) is 0 Å². The van der Waals surface area contributed by atoms with Crippen LogP contribution in [0.1, 0.15) is 0 Å². The van der Waals surface area contributed by atoms with E-state index in [1.807, 2.05) is 0 Å². The molecule has 0 aliphatic carbocycles. The minimum Gasteiger partial charge on any atom is -0.521 e. The topological polar surface area (TPSA) is 22.1 Å². The molecule has 0 saturated heterocycles. The Morgan fingerprint density at radius 3 is 2.78 bits per heavy atom. The molecule has 1 aromatic rings. The van der Waals surface area contributed by atoms with Gasteiger partial charge in [-0.3, -0.25) is 0 Å². The van der Waals surface area contributed by atoms with Crippen LogP contribution in [0.25, 0.3) is 0 Å². The SMILES string of the molecule is COc1[c-]nccc1.[Y]. The number of ether oxygens (including phenoxy) is 1. The zero-order valence-corrected chi connectivity index (χ0v) is 8.00. The molecule has 0 aliphatic rings. The van der Waals surface area contributed by atoms with Gasteiger partial charge >= 0.3 is 0 Å². The molecule has 1 aromatic heterocycles. The van der Waals surface area contributed by atoms with E-state index in [2.05, 4.69) is 11.2 Å². The monoisotopic (exact) mass is 197 g/mol. The van der Waals surface area contributed by atoms with Crippen molar-refractivity contribution in [3.63, 3.8) is 0 Å². The van der Waals surface area contributed by atoms with Gasteiger partial charge < -0.3 is 9.72 Å². The maximum Gasteiger partial charge on any atom is 0.0744 e. The van der Waals surface area contributed by atoms with Gasteiger partial charge in [0.15, 0.2) is 0 Å². The van der Waals surface area contributed by atoms with Crippen LogP contribution < -0.4 is 4.74 Å². The van der Waals surface area contributed by atoms with Crippen LogP contribution in [0.15, 0.2) is 18.3 Å². The standard InChI is InChI=1S/C6H6NO.Y/c1-8-6-3-2-4-7-5-6;/h2-4H,1H3;/q-1;. The fraction of sp³-hybridized carbons (Fsp3) is 0.167. The van der Waals surface area contributed by atoms with Crippen molar-refractivity contribution in [3.8, 4) is 5.75 Å². The molecule has 0 aliphatic heterocycles. The van der Waals surface area contributed by atoms with Gasteiger partial charge in [-0.1, -0.05) is 6.20 Å². The summed E-state index contributed by atoms with van der Waals surface area (Å²) in [5, 5.41) is 0. The fourth-order valence-corrected chi connectivity index (χ4v) is 0.425. The molecule has 3 heteroatoms. The Hall–Kier alpha value is 0.0539. The predicted octanol–water partition coefficient (Wildman–Crippen LogP) is 0.888. The fourth-order valence-electron chi connectivity index (χ4n) is 0.425. The summed E-state index contributed by atoms with van der Waals surface area (Å²) in [7, 11) is 1.59. The van der Waals surface area contributed by atoms with E-state index >= 15 is 0 Å². The molecule has 2 nitrogen and oxygen atoms in total. The third-order valence-corrected chi connectivity index (χ3v) is 0.803. The first-order valence-corrected chi connectivity index (χ1v) is 2.30. The Bertz CT molecular complexity index is 154. The number of nitrogens with zero attached hydrogens (tertiary/aromatic N) is 1. The summed E-state index contributed by atoms with van der Waals surface area (Å²) >= 11 is 0. The van der Waals surface area contributed by atoms with Gasteiger partial charge in [-0.2, -0.15) is 6.07 Å². The summed E-state index contributed by atoms with van der Waals surface area (Å²) in [6, 6.07) is 3.60. The molecule has 45 valence electrons. The van der Waals surface area contributed by atoms with E-state index < -0.39 is 0 Å². The Labute approximate surface area is 79.5 Å². The zero-order chi connectivity index (χ0) is 5.82. The van der Waals surface area contributed by atoms with Crippen LogP contribution in [0.3, 0.4) is 0 Å². The second-order valence-corrected chi connectivity index (χ2v) is 1.32. The van der Waals surface area contributed by atoms with Crippen molar-refractivity contribution in [2.45, 2.75) is 0 Å². The minimum atomic E-state index is 0. The van der Waals surface area contributed by atoms with Gasteiger partial charge in [0.05, 0.1) is 7.11 Å². The quantitative estimate of drug-likeness (QED) is 0.623.